The van der Waals surface area contributed by atoms with Gasteiger partial charge in [0.1, 0.15) is 11.5 Å². The van der Waals surface area contributed by atoms with Gasteiger partial charge in [0.15, 0.2) is 0 Å². The van der Waals surface area contributed by atoms with Gasteiger partial charge >= 0.3 is 0 Å². The summed E-state index contributed by atoms with van der Waals surface area (Å²) in [5.41, 5.74) is 3.84. The van der Waals surface area contributed by atoms with E-state index in [9.17, 15) is 0 Å². The Bertz CT molecular complexity index is 642. The second-order valence-electron chi connectivity index (χ2n) is 6.35. The molecule has 0 saturated heterocycles. The maximum Gasteiger partial charge on any atom is 0.123 e. The molecule has 112 valence electrons. The Morgan fingerprint density at radius 3 is 2.76 bits per heavy atom. The number of ether oxygens (including phenoxy) is 1. The average Bonchev–Trinajstić information content (AvgIpc) is 3.00. The SMILES string of the molecule is CCNC(c1ccc2c(c1)C(C)(C)CO2)c1ccoc1C. The van der Waals surface area contributed by atoms with E-state index in [1.54, 1.807) is 6.26 Å². The van der Waals surface area contributed by atoms with Crippen molar-refractivity contribution in [3.63, 3.8) is 0 Å². The number of nitrogens with one attached hydrogen (secondary N) is 1. The van der Waals surface area contributed by atoms with Crippen LogP contribution in [0.5, 0.6) is 5.75 Å². The van der Waals surface area contributed by atoms with Crippen molar-refractivity contribution in [3.05, 3.63) is 53.0 Å². The van der Waals surface area contributed by atoms with Gasteiger partial charge in [0.2, 0.25) is 0 Å². The molecule has 1 aromatic heterocycles. The molecule has 1 N–H and O–H groups in total. The van der Waals surface area contributed by atoms with Crippen molar-refractivity contribution in [1.82, 2.24) is 5.32 Å². The average molecular weight is 285 g/mol. The van der Waals surface area contributed by atoms with E-state index in [0.29, 0.717) is 0 Å². The Hall–Kier alpha value is -1.74. The van der Waals surface area contributed by atoms with Gasteiger partial charge in [0.25, 0.3) is 0 Å². The number of furan rings is 1. The molecule has 0 amide bonds. The minimum absolute atomic E-state index is 0.0769. The van der Waals surface area contributed by atoms with Crippen LogP contribution in [0, 0.1) is 6.92 Å². The van der Waals surface area contributed by atoms with E-state index in [0.717, 1.165) is 24.7 Å². The Kier molecular flexibility index (Phi) is 3.54. The first kappa shape index (κ1) is 14.2. The molecule has 1 atom stereocenters. The number of rotatable bonds is 4. The van der Waals surface area contributed by atoms with Gasteiger partial charge in [-0.15, -0.1) is 0 Å². The molecular weight excluding hydrogens is 262 g/mol. The van der Waals surface area contributed by atoms with Crippen molar-refractivity contribution in [3.8, 4) is 5.75 Å². The summed E-state index contributed by atoms with van der Waals surface area (Å²) < 4.78 is 11.3. The van der Waals surface area contributed by atoms with Crippen LogP contribution in [0.4, 0.5) is 0 Å². The molecule has 0 saturated carbocycles. The molecule has 2 aromatic rings. The molecule has 0 radical (unpaired) electrons. The van der Waals surface area contributed by atoms with Crippen LogP contribution in [0.15, 0.2) is 34.9 Å². The topological polar surface area (TPSA) is 34.4 Å². The summed E-state index contributed by atoms with van der Waals surface area (Å²) in [4.78, 5) is 0. The third-order valence-electron chi connectivity index (χ3n) is 4.27. The predicted octanol–water partition coefficient (Wildman–Crippen LogP) is 3.96. The monoisotopic (exact) mass is 285 g/mol. The van der Waals surface area contributed by atoms with Crippen molar-refractivity contribution in [2.24, 2.45) is 0 Å². The fourth-order valence-electron chi connectivity index (χ4n) is 3.02. The molecule has 3 nitrogen and oxygen atoms in total. The fourth-order valence-corrected chi connectivity index (χ4v) is 3.02. The molecule has 0 fully saturated rings. The quantitative estimate of drug-likeness (QED) is 0.923. The molecular formula is C18H23NO2. The Labute approximate surface area is 126 Å². The zero-order valence-electron chi connectivity index (χ0n) is 13.2. The molecule has 21 heavy (non-hydrogen) atoms. The fraction of sp³-hybridized carbons (Fsp3) is 0.444. The van der Waals surface area contributed by atoms with Gasteiger partial charge in [-0.1, -0.05) is 26.8 Å². The first-order valence-corrected chi connectivity index (χ1v) is 7.57. The van der Waals surface area contributed by atoms with Crippen molar-refractivity contribution >= 4 is 0 Å². The lowest BCUT2D eigenvalue weighted by Gasteiger charge is -2.21. The molecule has 2 heterocycles. The van der Waals surface area contributed by atoms with Crippen LogP contribution in [0.1, 0.15) is 49.3 Å². The lowest BCUT2D eigenvalue weighted by molar-refractivity contribution is 0.291. The molecule has 3 heteroatoms. The standard InChI is InChI=1S/C18H23NO2/c1-5-19-17(14-8-9-20-12(14)2)13-6-7-16-15(10-13)18(3,4)11-21-16/h6-10,17,19H,5,11H2,1-4H3. The summed E-state index contributed by atoms with van der Waals surface area (Å²) in [5, 5.41) is 3.56. The van der Waals surface area contributed by atoms with Crippen molar-refractivity contribution < 1.29 is 9.15 Å². The number of benzene rings is 1. The Balaban J connectivity index is 2.04. The molecule has 1 aliphatic rings. The third kappa shape index (κ3) is 2.46. The van der Waals surface area contributed by atoms with Gasteiger partial charge in [-0.2, -0.15) is 0 Å². The van der Waals surface area contributed by atoms with Crippen LogP contribution >= 0.6 is 0 Å². The number of hydrogen-bond donors (Lipinski definition) is 1. The van der Waals surface area contributed by atoms with E-state index >= 15 is 0 Å². The number of aryl methyl sites for hydroxylation is 1. The lowest BCUT2D eigenvalue weighted by Crippen LogP contribution is -2.23. The number of fused-ring (bicyclic) bond motifs is 1. The Morgan fingerprint density at radius 1 is 1.29 bits per heavy atom. The van der Waals surface area contributed by atoms with Crippen LogP contribution in [0.25, 0.3) is 0 Å². The van der Waals surface area contributed by atoms with Crippen molar-refractivity contribution in [2.75, 3.05) is 13.2 Å². The second-order valence-corrected chi connectivity index (χ2v) is 6.35. The molecule has 0 aliphatic carbocycles. The first-order chi connectivity index (χ1) is 10.0. The van der Waals surface area contributed by atoms with Crippen LogP contribution in [0.2, 0.25) is 0 Å². The molecule has 1 unspecified atom stereocenters. The largest absolute Gasteiger partial charge is 0.492 e. The van der Waals surface area contributed by atoms with E-state index in [-0.39, 0.29) is 11.5 Å². The van der Waals surface area contributed by atoms with Gasteiger partial charge in [0, 0.05) is 16.5 Å². The highest BCUT2D eigenvalue weighted by Gasteiger charge is 2.32. The molecule has 0 spiro atoms. The summed E-state index contributed by atoms with van der Waals surface area (Å²) in [6, 6.07) is 8.74. The van der Waals surface area contributed by atoms with Crippen LogP contribution < -0.4 is 10.1 Å². The van der Waals surface area contributed by atoms with E-state index in [2.05, 4.69) is 50.4 Å². The Morgan fingerprint density at radius 2 is 2.10 bits per heavy atom. The van der Waals surface area contributed by atoms with Gasteiger partial charge in [-0.25, -0.2) is 0 Å². The zero-order valence-corrected chi connectivity index (χ0v) is 13.2. The zero-order chi connectivity index (χ0) is 15.0. The minimum Gasteiger partial charge on any atom is -0.492 e. The highest BCUT2D eigenvalue weighted by molar-refractivity contribution is 5.47. The van der Waals surface area contributed by atoms with Crippen LogP contribution in [0.3, 0.4) is 0 Å². The van der Waals surface area contributed by atoms with Gasteiger partial charge in [0.05, 0.1) is 18.9 Å². The highest BCUT2D eigenvalue weighted by Crippen LogP contribution is 2.40. The normalized spacial score (nSPS) is 17.3. The first-order valence-electron chi connectivity index (χ1n) is 7.57. The minimum atomic E-state index is 0.0769. The van der Waals surface area contributed by atoms with E-state index < -0.39 is 0 Å². The maximum atomic E-state index is 5.78. The van der Waals surface area contributed by atoms with Crippen molar-refractivity contribution in [2.45, 2.75) is 39.2 Å². The van der Waals surface area contributed by atoms with E-state index in [4.69, 9.17) is 9.15 Å². The third-order valence-corrected chi connectivity index (χ3v) is 4.27. The van der Waals surface area contributed by atoms with Gasteiger partial charge in [-0.3, -0.25) is 0 Å². The highest BCUT2D eigenvalue weighted by atomic mass is 16.5. The maximum absolute atomic E-state index is 5.78. The van der Waals surface area contributed by atoms with E-state index in [1.165, 1.54) is 16.7 Å². The second kappa shape index (κ2) is 5.23. The molecule has 1 aromatic carbocycles. The van der Waals surface area contributed by atoms with Crippen molar-refractivity contribution in [1.29, 1.82) is 0 Å². The summed E-state index contributed by atoms with van der Waals surface area (Å²) >= 11 is 0. The summed E-state index contributed by atoms with van der Waals surface area (Å²) in [5.74, 6) is 1.99. The lowest BCUT2D eigenvalue weighted by atomic mass is 9.85. The number of hydrogen-bond acceptors (Lipinski definition) is 3. The molecule has 1 aliphatic heterocycles. The van der Waals surface area contributed by atoms with Crippen LogP contribution in [-0.2, 0) is 5.41 Å². The van der Waals surface area contributed by atoms with Crippen LogP contribution in [-0.4, -0.2) is 13.2 Å². The van der Waals surface area contributed by atoms with E-state index in [1.807, 2.05) is 6.92 Å². The smallest absolute Gasteiger partial charge is 0.123 e. The van der Waals surface area contributed by atoms with Gasteiger partial charge < -0.3 is 14.5 Å². The summed E-state index contributed by atoms with van der Waals surface area (Å²) in [6.07, 6.45) is 1.76. The summed E-state index contributed by atoms with van der Waals surface area (Å²) in [6.45, 7) is 10.3. The molecule has 0 bridgehead atoms. The summed E-state index contributed by atoms with van der Waals surface area (Å²) in [7, 11) is 0. The molecule has 3 rings (SSSR count). The van der Waals surface area contributed by atoms with Gasteiger partial charge in [-0.05, 0) is 37.2 Å². The predicted molar refractivity (Wildman–Crippen MR) is 83.9 cm³/mol.